The molecule has 1 aliphatic heterocycles. The van der Waals surface area contributed by atoms with Gasteiger partial charge in [-0.15, -0.1) is 24.0 Å². The highest BCUT2D eigenvalue weighted by molar-refractivity contribution is 14.0. The van der Waals surface area contributed by atoms with Crippen molar-refractivity contribution in [1.29, 1.82) is 0 Å². The summed E-state index contributed by atoms with van der Waals surface area (Å²) in [4.78, 5) is 21.9. The molecule has 1 aliphatic rings. The monoisotopic (exact) mass is 495 g/mol. The average molecular weight is 496 g/mol. The third-order valence-electron chi connectivity index (χ3n) is 3.59. The van der Waals surface area contributed by atoms with Gasteiger partial charge in [0.25, 0.3) is 0 Å². The highest BCUT2D eigenvalue weighted by atomic mass is 127. The number of nitrogens with zero attached hydrogens (tertiary/aromatic N) is 3. The first-order valence-corrected chi connectivity index (χ1v) is 8.70. The minimum Gasteiger partial charge on any atom is -0.444 e. The number of nitrogens with one attached hydrogen (secondary N) is 2. The molecule has 1 saturated heterocycles. The van der Waals surface area contributed by atoms with Gasteiger partial charge in [-0.3, -0.25) is 4.99 Å². The Kier molecular flexibility index (Phi) is 8.88. The number of likely N-dealkylation sites (tertiary alicyclic amines) is 1. The first-order chi connectivity index (χ1) is 11.8. The van der Waals surface area contributed by atoms with Gasteiger partial charge in [0.2, 0.25) is 0 Å². The van der Waals surface area contributed by atoms with Crippen LogP contribution in [0.5, 0.6) is 0 Å². The van der Waals surface area contributed by atoms with Gasteiger partial charge in [0.05, 0.1) is 6.04 Å². The summed E-state index contributed by atoms with van der Waals surface area (Å²) in [5, 5.41) is 7.05. The quantitative estimate of drug-likeness (QED) is 0.291. The lowest BCUT2D eigenvalue weighted by Crippen LogP contribution is -2.63. The number of aliphatic imine (C=N–C) groups is 1. The van der Waals surface area contributed by atoms with Crippen LogP contribution in [-0.4, -0.2) is 60.3 Å². The second-order valence-corrected chi connectivity index (χ2v) is 7.35. The van der Waals surface area contributed by atoms with Crippen LogP contribution in [0, 0.1) is 0 Å². The van der Waals surface area contributed by atoms with Crippen LogP contribution >= 0.6 is 35.6 Å². The molecule has 2 rings (SSSR count). The summed E-state index contributed by atoms with van der Waals surface area (Å²) < 4.78 is 5.34. The first-order valence-electron chi connectivity index (χ1n) is 8.32. The van der Waals surface area contributed by atoms with Crippen LogP contribution in [0.3, 0.4) is 0 Å². The van der Waals surface area contributed by atoms with Gasteiger partial charge >= 0.3 is 6.09 Å². The van der Waals surface area contributed by atoms with E-state index in [1.54, 1.807) is 24.2 Å². The standard InChI is InChI=1S/C17H26ClN5O2.HI/c1-17(2,3)25-16(24)23-10-13(11-23)22-15(19-4)20-8-7-12-5-6-14(18)21-9-12;/h5-6,9,13H,7-8,10-11H2,1-4H3,(H2,19,20,22);1H. The average Bonchev–Trinajstić information content (AvgIpc) is 2.48. The van der Waals surface area contributed by atoms with Crippen LogP contribution in [0.1, 0.15) is 26.3 Å². The topological polar surface area (TPSA) is 78.9 Å². The molecule has 0 atom stereocenters. The molecule has 1 fully saturated rings. The first kappa shape index (κ1) is 22.8. The molecule has 1 amide bonds. The summed E-state index contributed by atoms with van der Waals surface area (Å²) in [7, 11) is 1.73. The molecule has 1 aromatic rings. The van der Waals surface area contributed by atoms with E-state index in [4.69, 9.17) is 16.3 Å². The SMILES string of the molecule is CN=C(NCCc1ccc(Cl)nc1)NC1CN(C(=O)OC(C)(C)C)C1.I. The number of hydrogen-bond acceptors (Lipinski definition) is 4. The number of carbonyl (C=O) groups excluding carboxylic acids is 1. The fourth-order valence-electron chi connectivity index (χ4n) is 2.31. The van der Waals surface area contributed by atoms with Crippen molar-refractivity contribution in [2.45, 2.75) is 38.8 Å². The number of guanidine groups is 1. The predicted molar refractivity (Wildman–Crippen MR) is 114 cm³/mol. The van der Waals surface area contributed by atoms with Gasteiger partial charge in [-0.2, -0.15) is 0 Å². The number of aromatic nitrogens is 1. The molecule has 7 nitrogen and oxygen atoms in total. The Morgan fingerprint density at radius 3 is 2.65 bits per heavy atom. The molecule has 0 unspecified atom stereocenters. The van der Waals surface area contributed by atoms with E-state index in [1.165, 1.54) is 0 Å². The summed E-state index contributed by atoms with van der Waals surface area (Å²) in [5.41, 5.74) is 0.635. The van der Waals surface area contributed by atoms with E-state index in [-0.39, 0.29) is 36.1 Å². The molecule has 9 heteroatoms. The Morgan fingerprint density at radius 2 is 2.12 bits per heavy atom. The van der Waals surface area contributed by atoms with Crippen molar-refractivity contribution in [1.82, 2.24) is 20.5 Å². The zero-order valence-electron chi connectivity index (χ0n) is 15.6. The lowest BCUT2D eigenvalue weighted by molar-refractivity contribution is 0.00701. The Labute approximate surface area is 177 Å². The maximum absolute atomic E-state index is 11.9. The highest BCUT2D eigenvalue weighted by Crippen LogP contribution is 2.15. The summed E-state index contributed by atoms with van der Waals surface area (Å²) in [6, 6.07) is 3.91. The van der Waals surface area contributed by atoms with E-state index in [9.17, 15) is 4.79 Å². The van der Waals surface area contributed by atoms with Crippen molar-refractivity contribution in [3.8, 4) is 0 Å². The van der Waals surface area contributed by atoms with E-state index in [0.29, 0.717) is 18.2 Å². The molecular weight excluding hydrogens is 469 g/mol. The summed E-state index contributed by atoms with van der Waals surface area (Å²) in [6.45, 7) is 7.53. The Balaban J connectivity index is 0.00000338. The van der Waals surface area contributed by atoms with E-state index in [2.05, 4.69) is 20.6 Å². The maximum atomic E-state index is 11.9. The molecule has 146 valence electrons. The van der Waals surface area contributed by atoms with E-state index in [0.717, 1.165) is 24.5 Å². The van der Waals surface area contributed by atoms with Crippen LogP contribution in [0.4, 0.5) is 4.79 Å². The van der Waals surface area contributed by atoms with Crippen LogP contribution in [-0.2, 0) is 11.2 Å². The molecule has 0 radical (unpaired) electrons. The minimum atomic E-state index is -0.469. The number of pyridine rings is 1. The summed E-state index contributed by atoms with van der Waals surface area (Å²) in [5.74, 6) is 0.718. The van der Waals surface area contributed by atoms with Gasteiger partial charge in [-0.05, 0) is 38.8 Å². The number of hydrogen-bond donors (Lipinski definition) is 2. The van der Waals surface area contributed by atoms with Crippen molar-refractivity contribution in [2.24, 2.45) is 4.99 Å². The molecule has 0 aliphatic carbocycles. The second-order valence-electron chi connectivity index (χ2n) is 6.96. The summed E-state index contributed by atoms with van der Waals surface area (Å²) >= 11 is 5.77. The van der Waals surface area contributed by atoms with Crippen LogP contribution in [0.2, 0.25) is 5.15 Å². The Hall–Kier alpha value is -1.29. The largest absolute Gasteiger partial charge is 0.444 e. The third kappa shape index (κ3) is 7.53. The smallest absolute Gasteiger partial charge is 0.410 e. The number of ether oxygens (including phenoxy) is 1. The van der Waals surface area contributed by atoms with Gasteiger partial charge in [0.15, 0.2) is 5.96 Å². The molecule has 0 bridgehead atoms. The normalized spacial score (nSPS) is 15.0. The van der Waals surface area contributed by atoms with Gasteiger partial charge in [-0.25, -0.2) is 9.78 Å². The molecule has 1 aromatic heterocycles. The van der Waals surface area contributed by atoms with Gasteiger partial charge < -0.3 is 20.3 Å². The fraction of sp³-hybridized carbons (Fsp3) is 0.588. The second kappa shape index (κ2) is 10.1. The zero-order valence-corrected chi connectivity index (χ0v) is 18.7. The van der Waals surface area contributed by atoms with Gasteiger partial charge in [-0.1, -0.05) is 17.7 Å². The van der Waals surface area contributed by atoms with Crippen LogP contribution in [0.25, 0.3) is 0 Å². The highest BCUT2D eigenvalue weighted by Gasteiger charge is 2.34. The lowest BCUT2D eigenvalue weighted by atomic mass is 10.1. The van der Waals surface area contributed by atoms with Gasteiger partial charge in [0.1, 0.15) is 10.8 Å². The van der Waals surface area contributed by atoms with Crippen molar-refractivity contribution < 1.29 is 9.53 Å². The molecular formula is C17H27ClIN5O2. The predicted octanol–water partition coefficient (Wildman–Crippen LogP) is 2.68. The molecule has 26 heavy (non-hydrogen) atoms. The Bertz CT molecular complexity index is 613. The van der Waals surface area contributed by atoms with E-state index >= 15 is 0 Å². The molecule has 2 heterocycles. The minimum absolute atomic E-state index is 0. The Morgan fingerprint density at radius 1 is 1.42 bits per heavy atom. The van der Waals surface area contributed by atoms with E-state index < -0.39 is 5.60 Å². The third-order valence-corrected chi connectivity index (χ3v) is 3.82. The summed E-state index contributed by atoms with van der Waals surface area (Å²) in [6.07, 6.45) is 2.31. The number of rotatable bonds is 4. The fourth-order valence-corrected chi connectivity index (χ4v) is 2.42. The van der Waals surface area contributed by atoms with Crippen LogP contribution < -0.4 is 10.6 Å². The van der Waals surface area contributed by atoms with E-state index in [1.807, 2.05) is 26.8 Å². The molecule has 0 aromatic carbocycles. The van der Waals surface area contributed by atoms with Crippen molar-refractivity contribution in [3.05, 3.63) is 29.0 Å². The lowest BCUT2D eigenvalue weighted by Gasteiger charge is -2.40. The van der Waals surface area contributed by atoms with Crippen molar-refractivity contribution in [3.63, 3.8) is 0 Å². The van der Waals surface area contributed by atoms with Crippen LogP contribution in [0.15, 0.2) is 23.3 Å². The van der Waals surface area contributed by atoms with Crippen molar-refractivity contribution in [2.75, 3.05) is 26.7 Å². The number of amides is 1. The molecule has 0 spiro atoms. The number of carbonyl (C=O) groups is 1. The van der Waals surface area contributed by atoms with Gasteiger partial charge in [0, 0.05) is 32.9 Å². The molecule has 2 N–H and O–H groups in total. The molecule has 0 saturated carbocycles. The van der Waals surface area contributed by atoms with Crippen molar-refractivity contribution >= 4 is 47.6 Å². The maximum Gasteiger partial charge on any atom is 0.410 e. The number of halogens is 2. The zero-order chi connectivity index (χ0) is 18.4.